The summed E-state index contributed by atoms with van der Waals surface area (Å²) in [5, 5.41) is 13.7. The highest BCUT2D eigenvalue weighted by molar-refractivity contribution is 9.10. The zero-order chi connectivity index (χ0) is 12.1. The Hall–Kier alpha value is -1.14. The topological polar surface area (TPSA) is 64.4 Å². The number of para-hydroxylation sites is 1. The molecule has 1 N–H and O–H groups in total. The lowest BCUT2D eigenvalue weighted by molar-refractivity contribution is -0.386. The van der Waals surface area contributed by atoms with E-state index in [4.69, 9.17) is 4.74 Å². The summed E-state index contributed by atoms with van der Waals surface area (Å²) in [5.74, 6) is 0.273. The van der Waals surface area contributed by atoms with Gasteiger partial charge in [-0.25, -0.2) is 0 Å². The monoisotopic (exact) mass is 288 g/mol. The summed E-state index contributed by atoms with van der Waals surface area (Å²) in [5.41, 5.74) is -0.0303. The third-order valence-corrected chi connectivity index (χ3v) is 2.58. The van der Waals surface area contributed by atoms with Crippen molar-refractivity contribution in [3.8, 4) is 5.75 Å². The standard InChI is InChI=1S/C10H13BrN2O3/c1-7(6-12-2)16-10-8(11)4-3-5-9(10)13(14)15/h3-5,7,12H,6H2,1-2H3. The fourth-order valence-corrected chi connectivity index (χ4v) is 1.74. The number of nitrogens with one attached hydrogen (secondary N) is 1. The molecule has 0 aromatic heterocycles. The molecule has 1 aromatic rings. The molecule has 88 valence electrons. The van der Waals surface area contributed by atoms with Gasteiger partial charge in [-0.05, 0) is 36.0 Å². The number of benzene rings is 1. The van der Waals surface area contributed by atoms with Crippen molar-refractivity contribution in [1.82, 2.24) is 5.32 Å². The maximum absolute atomic E-state index is 10.8. The first-order valence-corrected chi connectivity index (χ1v) is 5.59. The Morgan fingerprint density at radius 3 is 2.88 bits per heavy atom. The van der Waals surface area contributed by atoms with Crippen LogP contribution in [0.15, 0.2) is 22.7 Å². The number of halogens is 1. The van der Waals surface area contributed by atoms with Crippen LogP contribution in [0.5, 0.6) is 5.75 Å². The van der Waals surface area contributed by atoms with Gasteiger partial charge in [0.25, 0.3) is 0 Å². The number of ether oxygens (including phenoxy) is 1. The summed E-state index contributed by atoms with van der Waals surface area (Å²) in [4.78, 5) is 10.4. The van der Waals surface area contributed by atoms with Crippen molar-refractivity contribution in [3.05, 3.63) is 32.8 Å². The van der Waals surface area contributed by atoms with E-state index in [-0.39, 0.29) is 17.5 Å². The Morgan fingerprint density at radius 1 is 1.62 bits per heavy atom. The van der Waals surface area contributed by atoms with E-state index in [0.29, 0.717) is 11.0 Å². The van der Waals surface area contributed by atoms with Gasteiger partial charge in [0.1, 0.15) is 6.10 Å². The van der Waals surface area contributed by atoms with Crippen molar-refractivity contribution in [2.45, 2.75) is 13.0 Å². The van der Waals surface area contributed by atoms with Gasteiger partial charge in [-0.1, -0.05) is 6.07 Å². The third-order valence-electron chi connectivity index (χ3n) is 1.95. The first kappa shape index (κ1) is 12.9. The smallest absolute Gasteiger partial charge is 0.312 e. The molecule has 1 rings (SSSR count). The molecule has 0 saturated heterocycles. The van der Waals surface area contributed by atoms with Gasteiger partial charge in [0, 0.05) is 12.6 Å². The number of nitrogens with zero attached hydrogens (tertiary/aromatic N) is 1. The van der Waals surface area contributed by atoms with Crippen molar-refractivity contribution in [2.75, 3.05) is 13.6 Å². The van der Waals surface area contributed by atoms with Gasteiger partial charge < -0.3 is 10.1 Å². The average Bonchev–Trinajstić information content (AvgIpc) is 2.21. The molecule has 0 aliphatic carbocycles. The predicted molar refractivity (Wildman–Crippen MR) is 64.8 cm³/mol. The quantitative estimate of drug-likeness (QED) is 0.667. The lowest BCUT2D eigenvalue weighted by Crippen LogP contribution is -2.26. The van der Waals surface area contributed by atoms with Crippen LogP contribution in [0.3, 0.4) is 0 Å². The highest BCUT2D eigenvalue weighted by Crippen LogP contribution is 2.35. The number of hydrogen-bond donors (Lipinski definition) is 1. The van der Waals surface area contributed by atoms with Gasteiger partial charge in [0.15, 0.2) is 0 Å². The van der Waals surface area contributed by atoms with Crippen LogP contribution in [0, 0.1) is 10.1 Å². The predicted octanol–water partition coefficient (Wildman–Crippen LogP) is 2.34. The van der Waals surface area contributed by atoms with Crippen LogP contribution in [0.4, 0.5) is 5.69 Å². The highest BCUT2D eigenvalue weighted by atomic mass is 79.9. The molecule has 0 heterocycles. The summed E-state index contributed by atoms with van der Waals surface area (Å²) in [6.45, 7) is 2.47. The SMILES string of the molecule is CNCC(C)Oc1c(Br)cccc1[N+](=O)[O-]. The van der Waals surface area contributed by atoms with E-state index in [9.17, 15) is 10.1 Å². The molecule has 0 bridgehead atoms. The maximum atomic E-state index is 10.8. The van der Waals surface area contributed by atoms with Crippen LogP contribution in [-0.2, 0) is 0 Å². The van der Waals surface area contributed by atoms with Crippen LogP contribution in [-0.4, -0.2) is 24.6 Å². The van der Waals surface area contributed by atoms with E-state index >= 15 is 0 Å². The lowest BCUT2D eigenvalue weighted by Gasteiger charge is -2.15. The Labute approximate surface area is 102 Å². The van der Waals surface area contributed by atoms with Gasteiger partial charge >= 0.3 is 5.69 Å². The summed E-state index contributed by atoms with van der Waals surface area (Å²) in [7, 11) is 1.80. The Morgan fingerprint density at radius 2 is 2.31 bits per heavy atom. The van der Waals surface area contributed by atoms with E-state index in [1.807, 2.05) is 6.92 Å². The summed E-state index contributed by atoms with van der Waals surface area (Å²) >= 11 is 3.25. The lowest BCUT2D eigenvalue weighted by atomic mass is 10.3. The second kappa shape index (κ2) is 5.81. The summed E-state index contributed by atoms with van der Waals surface area (Å²) in [6.07, 6.45) is -0.137. The molecule has 5 nitrogen and oxygen atoms in total. The molecular formula is C10H13BrN2O3. The van der Waals surface area contributed by atoms with Gasteiger partial charge in [0.2, 0.25) is 5.75 Å². The zero-order valence-corrected chi connectivity index (χ0v) is 10.7. The minimum Gasteiger partial charge on any atom is -0.482 e. The first-order valence-electron chi connectivity index (χ1n) is 4.80. The molecule has 1 aromatic carbocycles. The molecular weight excluding hydrogens is 276 g/mol. The fourth-order valence-electron chi connectivity index (χ4n) is 1.29. The van der Waals surface area contributed by atoms with Crippen molar-refractivity contribution in [1.29, 1.82) is 0 Å². The van der Waals surface area contributed by atoms with Crippen LogP contribution >= 0.6 is 15.9 Å². The van der Waals surface area contributed by atoms with Crippen molar-refractivity contribution in [2.24, 2.45) is 0 Å². The van der Waals surface area contributed by atoms with E-state index in [1.165, 1.54) is 6.07 Å². The highest BCUT2D eigenvalue weighted by Gasteiger charge is 2.19. The number of likely N-dealkylation sites (N-methyl/N-ethyl adjacent to an activating group) is 1. The molecule has 0 fully saturated rings. The molecule has 1 unspecified atom stereocenters. The molecule has 0 aliphatic heterocycles. The Kier molecular flexibility index (Phi) is 4.70. The molecule has 6 heteroatoms. The Balaban J connectivity index is 2.97. The molecule has 0 amide bonds. The summed E-state index contributed by atoms with van der Waals surface area (Å²) < 4.78 is 6.11. The van der Waals surface area contributed by atoms with Gasteiger partial charge in [0.05, 0.1) is 9.40 Å². The molecule has 0 aliphatic rings. The molecule has 1 atom stereocenters. The second-order valence-corrected chi connectivity index (χ2v) is 4.19. The number of nitro benzene ring substituents is 1. The van der Waals surface area contributed by atoms with Crippen LogP contribution in [0.2, 0.25) is 0 Å². The minimum absolute atomic E-state index is 0.0303. The first-order chi connectivity index (χ1) is 7.56. The average molecular weight is 289 g/mol. The van der Waals surface area contributed by atoms with E-state index in [2.05, 4.69) is 21.2 Å². The largest absolute Gasteiger partial charge is 0.482 e. The van der Waals surface area contributed by atoms with Crippen molar-refractivity contribution >= 4 is 21.6 Å². The van der Waals surface area contributed by atoms with E-state index < -0.39 is 4.92 Å². The third kappa shape index (κ3) is 3.18. The minimum atomic E-state index is -0.452. The van der Waals surface area contributed by atoms with Crippen molar-refractivity contribution < 1.29 is 9.66 Å². The second-order valence-electron chi connectivity index (χ2n) is 3.33. The summed E-state index contributed by atoms with van der Waals surface area (Å²) in [6, 6.07) is 4.75. The van der Waals surface area contributed by atoms with Crippen LogP contribution in [0.25, 0.3) is 0 Å². The molecule has 0 spiro atoms. The number of nitro groups is 1. The normalized spacial score (nSPS) is 12.2. The zero-order valence-electron chi connectivity index (χ0n) is 9.07. The fraction of sp³-hybridized carbons (Fsp3) is 0.400. The Bertz CT molecular complexity index is 384. The van der Waals surface area contributed by atoms with Crippen LogP contribution in [0.1, 0.15) is 6.92 Å². The van der Waals surface area contributed by atoms with Gasteiger partial charge in [-0.3, -0.25) is 10.1 Å². The van der Waals surface area contributed by atoms with Gasteiger partial charge in [-0.2, -0.15) is 0 Å². The number of rotatable bonds is 5. The maximum Gasteiger partial charge on any atom is 0.312 e. The van der Waals surface area contributed by atoms with Gasteiger partial charge in [-0.15, -0.1) is 0 Å². The van der Waals surface area contributed by atoms with Crippen molar-refractivity contribution in [3.63, 3.8) is 0 Å². The molecule has 16 heavy (non-hydrogen) atoms. The van der Waals surface area contributed by atoms with Crippen LogP contribution < -0.4 is 10.1 Å². The number of hydrogen-bond acceptors (Lipinski definition) is 4. The molecule has 0 radical (unpaired) electrons. The molecule has 0 saturated carbocycles. The van der Waals surface area contributed by atoms with E-state index in [0.717, 1.165) is 0 Å². The van der Waals surface area contributed by atoms with E-state index in [1.54, 1.807) is 19.2 Å².